The smallest absolute Gasteiger partial charge is 0.365 e. The van der Waals surface area contributed by atoms with Gasteiger partial charge in [-0.3, -0.25) is 4.79 Å². The Morgan fingerprint density at radius 1 is 1.50 bits per heavy atom. The van der Waals surface area contributed by atoms with E-state index in [1.165, 1.54) is 0 Å². The van der Waals surface area contributed by atoms with Crippen molar-refractivity contribution < 1.29 is 22.5 Å². The molecule has 0 aromatic carbocycles. The Morgan fingerprint density at radius 3 is 2.89 bits per heavy atom. The van der Waals surface area contributed by atoms with Gasteiger partial charge in [0.2, 0.25) is 0 Å². The lowest BCUT2D eigenvalue weighted by Crippen LogP contribution is -2.28. The van der Waals surface area contributed by atoms with Gasteiger partial charge in [0, 0.05) is 0 Å². The molecule has 1 aromatic heterocycles. The number of aromatic nitrogens is 2. The van der Waals surface area contributed by atoms with Crippen molar-refractivity contribution in [3.8, 4) is 0 Å². The third-order valence-corrected chi connectivity index (χ3v) is 2.50. The maximum absolute atomic E-state index is 12.5. The molecule has 0 radical (unpaired) electrons. The van der Waals surface area contributed by atoms with Crippen molar-refractivity contribution in [2.24, 2.45) is 0 Å². The van der Waals surface area contributed by atoms with Gasteiger partial charge in [-0.2, -0.15) is 18.3 Å². The number of hydrogen-bond donors (Lipinski definition) is 1. The molecule has 0 fully saturated rings. The minimum atomic E-state index is -4.67. The molecule has 1 aromatic rings. The highest BCUT2D eigenvalue weighted by molar-refractivity contribution is 5.52. The van der Waals surface area contributed by atoms with Crippen molar-refractivity contribution >= 4 is 6.21 Å². The van der Waals surface area contributed by atoms with E-state index in [2.05, 4.69) is 5.10 Å². The zero-order chi connectivity index (χ0) is 13.2. The molecule has 2 heterocycles. The van der Waals surface area contributed by atoms with Gasteiger partial charge in [0.25, 0.3) is 5.56 Å². The average Bonchev–Trinajstić information content (AvgIpc) is 2.31. The zero-order valence-electron chi connectivity index (χ0n) is 9.33. The van der Waals surface area contributed by atoms with Crippen LogP contribution in [0.4, 0.5) is 13.2 Å². The summed E-state index contributed by atoms with van der Waals surface area (Å²) in [5, 5.41) is 5.47. The van der Waals surface area contributed by atoms with E-state index in [9.17, 15) is 18.0 Å². The topological polar surface area (TPSA) is 58.0 Å². The molecule has 0 amide bonds. The minimum Gasteiger partial charge on any atom is -0.365 e. The van der Waals surface area contributed by atoms with Crippen LogP contribution >= 0.6 is 0 Å². The molecule has 8 heteroatoms. The van der Waals surface area contributed by atoms with Crippen LogP contribution in [0.25, 0.3) is 0 Å². The third kappa shape index (κ3) is 2.95. The van der Waals surface area contributed by atoms with Crippen LogP contribution in [0.15, 0.2) is 10.9 Å². The van der Waals surface area contributed by atoms with Gasteiger partial charge in [-0.05, 0) is 6.07 Å². The standard InChI is InChI=1S/C10H10F3N3O2/c11-10(12,13)8-5-7(14-15-9(8)17)6-16-1-3-18-4-2-16/h1,5H,2-4,6H2/p+1. The predicted molar refractivity (Wildman–Crippen MR) is 55.6 cm³/mol. The first-order valence-corrected chi connectivity index (χ1v) is 5.28. The Kier molecular flexibility index (Phi) is 3.46. The van der Waals surface area contributed by atoms with Crippen molar-refractivity contribution in [3.05, 3.63) is 27.7 Å². The Bertz CT molecular complexity index is 522. The third-order valence-electron chi connectivity index (χ3n) is 2.50. The lowest BCUT2D eigenvalue weighted by Gasteiger charge is -2.10. The van der Waals surface area contributed by atoms with E-state index in [0.29, 0.717) is 19.8 Å². The van der Waals surface area contributed by atoms with Crippen LogP contribution in [0.1, 0.15) is 11.3 Å². The summed E-state index contributed by atoms with van der Waals surface area (Å²) in [5.41, 5.74) is -2.28. The quantitative estimate of drug-likeness (QED) is 0.785. The number of aromatic amines is 1. The van der Waals surface area contributed by atoms with Crippen LogP contribution in [0.2, 0.25) is 0 Å². The molecule has 18 heavy (non-hydrogen) atoms. The van der Waals surface area contributed by atoms with Crippen LogP contribution in [-0.4, -0.2) is 40.7 Å². The highest BCUT2D eigenvalue weighted by Crippen LogP contribution is 2.26. The number of halogens is 3. The fourth-order valence-electron chi connectivity index (χ4n) is 1.61. The molecule has 0 saturated carbocycles. The highest BCUT2D eigenvalue weighted by Gasteiger charge is 2.34. The van der Waals surface area contributed by atoms with E-state index in [4.69, 9.17) is 4.74 Å². The van der Waals surface area contributed by atoms with Crippen LogP contribution in [0.5, 0.6) is 0 Å². The van der Waals surface area contributed by atoms with E-state index < -0.39 is 17.3 Å². The average molecular weight is 262 g/mol. The Morgan fingerprint density at radius 2 is 2.28 bits per heavy atom. The van der Waals surface area contributed by atoms with E-state index >= 15 is 0 Å². The van der Waals surface area contributed by atoms with E-state index in [0.717, 1.165) is 6.07 Å². The van der Waals surface area contributed by atoms with Gasteiger partial charge in [0.15, 0.2) is 19.3 Å². The van der Waals surface area contributed by atoms with Gasteiger partial charge in [-0.25, -0.2) is 9.67 Å². The largest absolute Gasteiger partial charge is 0.421 e. The maximum Gasteiger partial charge on any atom is 0.421 e. The number of hydrogen-bond acceptors (Lipinski definition) is 3. The Hall–Kier alpha value is -1.70. The molecule has 0 atom stereocenters. The number of H-pyrrole nitrogens is 1. The second kappa shape index (κ2) is 4.89. The fourth-order valence-corrected chi connectivity index (χ4v) is 1.61. The highest BCUT2D eigenvalue weighted by atomic mass is 19.4. The van der Waals surface area contributed by atoms with Crippen molar-refractivity contribution in [3.63, 3.8) is 0 Å². The molecule has 0 spiro atoms. The number of ether oxygens (including phenoxy) is 1. The molecule has 2 rings (SSSR count). The van der Waals surface area contributed by atoms with Gasteiger partial charge in [0.05, 0.1) is 0 Å². The summed E-state index contributed by atoms with van der Waals surface area (Å²) < 4.78 is 44.4. The van der Waals surface area contributed by atoms with Gasteiger partial charge >= 0.3 is 6.18 Å². The first-order valence-electron chi connectivity index (χ1n) is 5.28. The van der Waals surface area contributed by atoms with Crippen molar-refractivity contribution in [2.75, 3.05) is 19.8 Å². The molecule has 0 saturated heterocycles. The summed E-state index contributed by atoms with van der Waals surface area (Å²) in [6.07, 6.45) is -2.93. The van der Waals surface area contributed by atoms with Crippen LogP contribution in [-0.2, 0) is 17.5 Å². The van der Waals surface area contributed by atoms with Crippen LogP contribution < -0.4 is 5.56 Å². The van der Waals surface area contributed by atoms with Gasteiger partial charge in [-0.15, -0.1) is 0 Å². The normalized spacial score (nSPS) is 16.5. The summed E-state index contributed by atoms with van der Waals surface area (Å²) in [6.45, 7) is 1.74. The first kappa shape index (κ1) is 12.7. The zero-order valence-corrected chi connectivity index (χ0v) is 9.33. The summed E-state index contributed by atoms with van der Waals surface area (Å²) >= 11 is 0. The van der Waals surface area contributed by atoms with E-state index in [1.54, 1.807) is 10.8 Å². The van der Waals surface area contributed by atoms with Gasteiger partial charge in [0.1, 0.15) is 24.5 Å². The van der Waals surface area contributed by atoms with Crippen molar-refractivity contribution in [1.82, 2.24) is 10.2 Å². The van der Waals surface area contributed by atoms with E-state index in [1.807, 2.05) is 5.10 Å². The number of nitrogens with zero attached hydrogens (tertiary/aromatic N) is 2. The molecular weight excluding hydrogens is 251 g/mol. The molecule has 0 bridgehead atoms. The summed E-state index contributed by atoms with van der Waals surface area (Å²) in [5.74, 6) is 0. The number of alkyl halides is 3. The van der Waals surface area contributed by atoms with Crippen LogP contribution in [0.3, 0.4) is 0 Å². The van der Waals surface area contributed by atoms with E-state index in [-0.39, 0.29) is 12.2 Å². The Balaban J connectivity index is 2.24. The first-order chi connectivity index (χ1) is 8.47. The second-order valence-corrected chi connectivity index (χ2v) is 3.83. The molecule has 0 unspecified atom stereocenters. The molecule has 0 aliphatic carbocycles. The fraction of sp³-hybridized carbons (Fsp3) is 0.500. The molecule has 1 aliphatic rings. The summed E-state index contributed by atoms with van der Waals surface area (Å²) in [6, 6.07) is 0.780. The molecule has 98 valence electrons. The SMILES string of the molecule is O=c1[nH]nc(C[N+]2=CCOCC2)cc1C(F)(F)F. The van der Waals surface area contributed by atoms with Crippen molar-refractivity contribution in [2.45, 2.75) is 12.7 Å². The second-order valence-electron chi connectivity index (χ2n) is 3.83. The predicted octanol–water partition coefficient (Wildman–Crippen LogP) is 0.402. The minimum absolute atomic E-state index is 0.167. The summed E-state index contributed by atoms with van der Waals surface area (Å²) in [7, 11) is 0. The molecule has 1 N–H and O–H groups in total. The lowest BCUT2D eigenvalue weighted by atomic mass is 10.2. The molecule has 5 nitrogen and oxygen atoms in total. The molecule has 1 aliphatic heterocycles. The van der Waals surface area contributed by atoms with Crippen molar-refractivity contribution in [1.29, 1.82) is 0 Å². The Labute approximate surface area is 99.9 Å². The summed E-state index contributed by atoms with van der Waals surface area (Å²) in [4.78, 5) is 11.0. The molecular formula is C10H11F3N3O2+. The van der Waals surface area contributed by atoms with Gasteiger partial charge in [-0.1, -0.05) is 0 Å². The lowest BCUT2D eigenvalue weighted by molar-refractivity contribution is -0.550. The van der Waals surface area contributed by atoms with Gasteiger partial charge < -0.3 is 4.74 Å². The maximum atomic E-state index is 12.5. The number of rotatable bonds is 2. The monoisotopic (exact) mass is 262 g/mol. The number of nitrogens with one attached hydrogen (secondary N) is 1. The van der Waals surface area contributed by atoms with Crippen LogP contribution in [0, 0.1) is 0 Å².